The largest absolute Gasteiger partial charge is 0.310 e. The van der Waals surface area contributed by atoms with Gasteiger partial charge < -0.3 is 5.32 Å². The van der Waals surface area contributed by atoms with Crippen LogP contribution in [0.2, 0.25) is 0 Å². The molecule has 0 saturated heterocycles. The summed E-state index contributed by atoms with van der Waals surface area (Å²) in [4.78, 5) is 0. The van der Waals surface area contributed by atoms with E-state index < -0.39 is 0 Å². The first kappa shape index (κ1) is 13.6. The van der Waals surface area contributed by atoms with E-state index in [-0.39, 0.29) is 5.82 Å². The lowest BCUT2D eigenvalue weighted by Gasteiger charge is -2.06. The van der Waals surface area contributed by atoms with Gasteiger partial charge in [0.2, 0.25) is 0 Å². The average Bonchev–Trinajstić information content (AvgIpc) is 2.86. The molecule has 0 spiro atoms. The van der Waals surface area contributed by atoms with Gasteiger partial charge in [-0.25, -0.2) is 9.07 Å². The highest BCUT2D eigenvalue weighted by Crippen LogP contribution is 2.08. The Labute approximate surface area is 111 Å². The van der Waals surface area contributed by atoms with E-state index in [0.29, 0.717) is 25.1 Å². The summed E-state index contributed by atoms with van der Waals surface area (Å²) >= 11 is 0. The first-order chi connectivity index (χ1) is 9.31. The minimum absolute atomic E-state index is 0.179. The summed E-state index contributed by atoms with van der Waals surface area (Å²) in [6, 6.07) is 6.78. The molecule has 2 rings (SSSR count). The van der Waals surface area contributed by atoms with Crippen LogP contribution >= 0.6 is 0 Å². The number of benzene rings is 1. The number of tetrazole rings is 1. The van der Waals surface area contributed by atoms with Gasteiger partial charge in [0.25, 0.3) is 0 Å². The second-order valence-corrected chi connectivity index (χ2v) is 4.34. The molecule has 0 aliphatic carbocycles. The van der Waals surface area contributed by atoms with Gasteiger partial charge in [-0.15, -0.1) is 5.10 Å². The number of hydrogen-bond donors (Lipinski definition) is 1. The van der Waals surface area contributed by atoms with E-state index in [2.05, 4.69) is 27.8 Å². The highest BCUT2D eigenvalue weighted by Gasteiger charge is 2.07. The fraction of sp³-hybridized carbons (Fsp3) is 0.462. The van der Waals surface area contributed by atoms with Crippen LogP contribution in [-0.2, 0) is 19.5 Å². The van der Waals surface area contributed by atoms with Gasteiger partial charge >= 0.3 is 0 Å². The zero-order chi connectivity index (χ0) is 13.5. The van der Waals surface area contributed by atoms with Gasteiger partial charge in [0.05, 0.1) is 6.54 Å². The van der Waals surface area contributed by atoms with Crippen molar-refractivity contribution in [3.8, 4) is 0 Å². The highest BCUT2D eigenvalue weighted by atomic mass is 19.1. The number of hydrogen-bond acceptors (Lipinski definition) is 4. The standard InChI is InChI=1S/C13H18FN5/c1-2-8-15-10-13-16-17-18-19(13)9-7-11-5-3-4-6-12(11)14/h3-6,15H,2,7-10H2,1H3. The van der Waals surface area contributed by atoms with Crippen molar-refractivity contribution in [3.63, 3.8) is 0 Å². The normalized spacial score (nSPS) is 10.8. The Balaban J connectivity index is 1.93. The molecule has 1 N–H and O–H groups in total. The van der Waals surface area contributed by atoms with Crippen molar-refractivity contribution >= 4 is 0 Å². The highest BCUT2D eigenvalue weighted by molar-refractivity contribution is 5.17. The van der Waals surface area contributed by atoms with Crippen LogP contribution in [0.5, 0.6) is 0 Å². The first-order valence-electron chi connectivity index (χ1n) is 6.50. The smallest absolute Gasteiger partial charge is 0.165 e. The predicted octanol–water partition coefficient (Wildman–Crippen LogP) is 1.55. The maximum absolute atomic E-state index is 13.5. The number of nitrogens with one attached hydrogen (secondary N) is 1. The number of aromatic nitrogens is 4. The maximum Gasteiger partial charge on any atom is 0.165 e. The maximum atomic E-state index is 13.5. The molecule has 0 aliphatic rings. The Morgan fingerprint density at radius 3 is 2.95 bits per heavy atom. The molecule has 5 nitrogen and oxygen atoms in total. The molecule has 1 heterocycles. The molecule has 0 bridgehead atoms. The van der Waals surface area contributed by atoms with Gasteiger partial charge in [-0.05, 0) is 41.4 Å². The molecule has 0 atom stereocenters. The molecule has 1 aromatic heterocycles. The van der Waals surface area contributed by atoms with Gasteiger partial charge in [-0.1, -0.05) is 25.1 Å². The fourth-order valence-electron chi connectivity index (χ4n) is 1.83. The Kier molecular flexibility index (Phi) is 4.97. The summed E-state index contributed by atoms with van der Waals surface area (Å²) in [5.74, 6) is 0.603. The Morgan fingerprint density at radius 2 is 2.16 bits per heavy atom. The Bertz CT molecular complexity index is 511. The molecule has 0 saturated carbocycles. The van der Waals surface area contributed by atoms with Gasteiger partial charge in [-0.3, -0.25) is 0 Å². The van der Waals surface area contributed by atoms with Crippen molar-refractivity contribution in [2.75, 3.05) is 6.54 Å². The lowest BCUT2D eigenvalue weighted by atomic mass is 10.1. The van der Waals surface area contributed by atoms with Crippen LogP contribution in [0.4, 0.5) is 4.39 Å². The zero-order valence-corrected chi connectivity index (χ0v) is 11.0. The molecule has 2 aromatic rings. The molecular weight excluding hydrogens is 245 g/mol. The van der Waals surface area contributed by atoms with Gasteiger partial charge in [0.1, 0.15) is 5.82 Å². The van der Waals surface area contributed by atoms with Gasteiger partial charge in [0, 0.05) is 6.54 Å². The Morgan fingerprint density at radius 1 is 1.32 bits per heavy atom. The van der Waals surface area contributed by atoms with Crippen molar-refractivity contribution in [1.29, 1.82) is 0 Å². The molecule has 6 heteroatoms. The molecule has 0 radical (unpaired) electrons. The lowest BCUT2D eigenvalue weighted by Crippen LogP contribution is -2.19. The van der Waals surface area contributed by atoms with Crippen LogP contribution in [0.3, 0.4) is 0 Å². The van der Waals surface area contributed by atoms with Crippen LogP contribution in [0.15, 0.2) is 24.3 Å². The number of aryl methyl sites for hydroxylation is 2. The topological polar surface area (TPSA) is 55.6 Å². The molecular formula is C13H18FN5. The lowest BCUT2D eigenvalue weighted by molar-refractivity contribution is 0.528. The minimum Gasteiger partial charge on any atom is -0.310 e. The van der Waals surface area contributed by atoms with E-state index in [4.69, 9.17) is 0 Å². The van der Waals surface area contributed by atoms with E-state index >= 15 is 0 Å². The van der Waals surface area contributed by atoms with Gasteiger partial charge in [0.15, 0.2) is 5.82 Å². The zero-order valence-electron chi connectivity index (χ0n) is 11.0. The van der Waals surface area contributed by atoms with E-state index in [1.54, 1.807) is 16.8 Å². The van der Waals surface area contributed by atoms with Crippen molar-refractivity contribution in [2.24, 2.45) is 0 Å². The van der Waals surface area contributed by atoms with Gasteiger partial charge in [-0.2, -0.15) is 0 Å². The number of nitrogens with zero attached hydrogens (tertiary/aromatic N) is 4. The molecule has 102 valence electrons. The third-order valence-electron chi connectivity index (χ3n) is 2.87. The second kappa shape index (κ2) is 6.94. The summed E-state index contributed by atoms with van der Waals surface area (Å²) in [5.41, 5.74) is 0.686. The fourth-order valence-corrected chi connectivity index (χ4v) is 1.83. The molecule has 1 aromatic carbocycles. The van der Waals surface area contributed by atoms with Crippen molar-refractivity contribution in [3.05, 3.63) is 41.5 Å². The number of halogens is 1. The van der Waals surface area contributed by atoms with E-state index in [0.717, 1.165) is 18.8 Å². The predicted molar refractivity (Wildman–Crippen MR) is 69.9 cm³/mol. The quantitative estimate of drug-likeness (QED) is 0.770. The van der Waals surface area contributed by atoms with Crippen LogP contribution in [0, 0.1) is 5.82 Å². The van der Waals surface area contributed by atoms with Crippen LogP contribution in [0.25, 0.3) is 0 Å². The van der Waals surface area contributed by atoms with E-state index in [1.165, 1.54) is 6.07 Å². The minimum atomic E-state index is -0.179. The van der Waals surface area contributed by atoms with Crippen molar-refractivity contribution in [2.45, 2.75) is 32.9 Å². The van der Waals surface area contributed by atoms with E-state index in [9.17, 15) is 4.39 Å². The molecule has 0 aliphatic heterocycles. The van der Waals surface area contributed by atoms with Crippen molar-refractivity contribution < 1.29 is 4.39 Å². The van der Waals surface area contributed by atoms with Crippen LogP contribution < -0.4 is 5.32 Å². The summed E-state index contributed by atoms with van der Waals surface area (Å²) in [6.45, 7) is 4.25. The summed E-state index contributed by atoms with van der Waals surface area (Å²) in [5, 5.41) is 14.8. The van der Waals surface area contributed by atoms with E-state index in [1.807, 2.05) is 6.07 Å². The third-order valence-corrected chi connectivity index (χ3v) is 2.87. The second-order valence-electron chi connectivity index (χ2n) is 4.34. The molecule has 0 unspecified atom stereocenters. The molecule has 19 heavy (non-hydrogen) atoms. The van der Waals surface area contributed by atoms with Crippen LogP contribution in [-0.4, -0.2) is 26.8 Å². The Hall–Kier alpha value is -1.82. The monoisotopic (exact) mass is 263 g/mol. The summed E-state index contributed by atoms with van der Waals surface area (Å²) in [7, 11) is 0. The van der Waals surface area contributed by atoms with Crippen molar-refractivity contribution in [1.82, 2.24) is 25.5 Å². The summed E-state index contributed by atoms with van der Waals surface area (Å²) in [6.07, 6.45) is 1.65. The molecule has 0 fully saturated rings. The summed E-state index contributed by atoms with van der Waals surface area (Å²) < 4.78 is 15.2. The third kappa shape index (κ3) is 3.82. The van der Waals surface area contributed by atoms with Crippen LogP contribution in [0.1, 0.15) is 24.7 Å². The SMILES string of the molecule is CCCNCc1nnnn1CCc1ccccc1F. The molecule has 0 amide bonds. The number of rotatable bonds is 7. The average molecular weight is 263 g/mol. The first-order valence-corrected chi connectivity index (χ1v) is 6.50.